The van der Waals surface area contributed by atoms with Gasteiger partial charge in [-0.15, -0.1) is 0 Å². The number of piperidine rings is 1. The number of aromatic amines is 1. The van der Waals surface area contributed by atoms with Crippen LogP contribution in [0.4, 0.5) is 0 Å². The van der Waals surface area contributed by atoms with E-state index in [1.165, 1.54) is 0 Å². The van der Waals surface area contributed by atoms with E-state index in [0.717, 1.165) is 10.9 Å². The molecule has 2 heterocycles. The molecule has 1 aliphatic heterocycles. The van der Waals surface area contributed by atoms with Crippen molar-refractivity contribution in [2.45, 2.75) is 18.9 Å². The van der Waals surface area contributed by atoms with Gasteiger partial charge in [-0.1, -0.05) is 6.07 Å². The van der Waals surface area contributed by atoms with Crippen molar-refractivity contribution in [1.82, 2.24) is 14.6 Å². The van der Waals surface area contributed by atoms with Gasteiger partial charge in [0.25, 0.3) is 16.1 Å². The van der Waals surface area contributed by atoms with E-state index in [0.29, 0.717) is 37.4 Å². The number of nitrogens with two attached hydrogens (primary N) is 1. The third-order valence-corrected chi connectivity index (χ3v) is 4.85. The van der Waals surface area contributed by atoms with E-state index in [1.807, 2.05) is 18.2 Å². The number of methoxy groups -OCH3 is 1. The molecule has 1 aromatic heterocycles. The molecule has 9 heteroatoms. The summed E-state index contributed by atoms with van der Waals surface area (Å²) < 4.78 is 29.8. The fraction of sp³-hybridized carbons (Fsp3) is 0.400. The number of hydrogen-bond acceptors (Lipinski definition) is 4. The highest BCUT2D eigenvalue weighted by atomic mass is 32.2. The molecule has 24 heavy (non-hydrogen) atoms. The fourth-order valence-corrected chi connectivity index (χ4v) is 3.72. The maximum absolute atomic E-state index is 12.7. The Balaban J connectivity index is 1.72. The van der Waals surface area contributed by atoms with E-state index >= 15 is 0 Å². The summed E-state index contributed by atoms with van der Waals surface area (Å²) in [5, 5.41) is 5.84. The van der Waals surface area contributed by atoms with Gasteiger partial charge in [-0.2, -0.15) is 13.1 Å². The van der Waals surface area contributed by atoms with Crippen LogP contribution < -0.4 is 14.6 Å². The Morgan fingerprint density at radius 3 is 2.71 bits per heavy atom. The standard InChI is InChI=1S/C15H20N4O4S/c1-23-14-4-2-3-12-11(14)9-13(17-12)15(20)19-7-5-10(6-8-19)18-24(16,21)22/h2-4,9-10,17-18H,5-8H2,1H3,(H2,16,21,22). The van der Waals surface area contributed by atoms with Crippen molar-refractivity contribution in [3.8, 4) is 5.75 Å². The predicted molar refractivity (Wildman–Crippen MR) is 90.0 cm³/mol. The van der Waals surface area contributed by atoms with Crippen LogP contribution in [0.1, 0.15) is 23.3 Å². The number of ether oxygens (including phenoxy) is 1. The van der Waals surface area contributed by atoms with E-state index < -0.39 is 10.2 Å². The molecule has 1 amide bonds. The number of rotatable bonds is 4. The number of hydrogen-bond donors (Lipinski definition) is 3. The largest absolute Gasteiger partial charge is 0.496 e. The van der Waals surface area contributed by atoms with Crippen molar-refractivity contribution in [1.29, 1.82) is 0 Å². The van der Waals surface area contributed by atoms with Crippen molar-refractivity contribution >= 4 is 27.0 Å². The molecule has 3 rings (SSSR count). The summed E-state index contributed by atoms with van der Waals surface area (Å²) in [4.78, 5) is 17.5. The first-order valence-electron chi connectivity index (χ1n) is 7.62. The van der Waals surface area contributed by atoms with Crippen molar-refractivity contribution in [2.24, 2.45) is 5.14 Å². The average Bonchev–Trinajstić information content (AvgIpc) is 2.97. The summed E-state index contributed by atoms with van der Waals surface area (Å²) in [5.74, 6) is 0.598. The zero-order chi connectivity index (χ0) is 17.3. The smallest absolute Gasteiger partial charge is 0.274 e. The lowest BCUT2D eigenvalue weighted by molar-refractivity contribution is 0.0706. The molecule has 0 bridgehead atoms. The topological polar surface area (TPSA) is 118 Å². The molecule has 4 N–H and O–H groups in total. The van der Waals surface area contributed by atoms with Crippen LogP contribution in [0.15, 0.2) is 24.3 Å². The molecule has 1 saturated heterocycles. The summed E-state index contributed by atoms with van der Waals surface area (Å²) >= 11 is 0. The Labute approximate surface area is 140 Å². The van der Waals surface area contributed by atoms with Gasteiger partial charge in [-0.05, 0) is 31.0 Å². The molecule has 0 unspecified atom stereocenters. The van der Waals surface area contributed by atoms with Gasteiger partial charge in [0.05, 0.1) is 7.11 Å². The minimum atomic E-state index is -3.71. The van der Waals surface area contributed by atoms with Gasteiger partial charge in [0.15, 0.2) is 0 Å². The summed E-state index contributed by atoms with van der Waals surface area (Å²) in [5.41, 5.74) is 1.33. The van der Waals surface area contributed by atoms with Crippen LogP contribution in [-0.4, -0.2) is 50.5 Å². The highest BCUT2D eigenvalue weighted by molar-refractivity contribution is 7.87. The van der Waals surface area contributed by atoms with Crippen LogP contribution in [0.3, 0.4) is 0 Å². The summed E-state index contributed by atoms with van der Waals surface area (Å²) in [6.45, 7) is 0.942. The molecule has 1 fully saturated rings. The van der Waals surface area contributed by atoms with E-state index in [4.69, 9.17) is 9.88 Å². The van der Waals surface area contributed by atoms with Gasteiger partial charge in [-0.3, -0.25) is 4.79 Å². The lowest BCUT2D eigenvalue weighted by Gasteiger charge is -2.31. The number of carbonyl (C=O) groups excluding carboxylic acids is 1. The van der Waals surface area contributed by atoms with Gasteiger partial charge in [0.2, 0.25) is 0 Å². The average molecular weight is 352 g/mol. The molecule has 8 nitrogen and oxygen atoms in total. The van der Waals surface area contributed by atoms with Crippen LogP contribution in [0.25, 0.3) is 10.9 Å². The molecule has 0 radical (unpaired) electrons. The summed E-state index contributed by atoms with van der Waals surface area (Å²) in [6, 6.07) is 7.14. The highest BCUT2D eigenvalue weighted by Crippen LogP contribution is 2.27. The van der Waals surface area contributed by atoms with Gasteiger partial charge >= 0.3 is 0 Å². The SMILES string of the molecule is COc1cccc2[nH]c(C(=O)N3CCC(NS(N)(=O)=O)CC3)cc12. The second-order valence-corrected chi connectivity index (χ2v) is 7.16. The van der Waals surface area contributed by atoms with Crippen LogP contribution in [0.2, 0.25) is 0 Å². The Kier molecular flexibility index (Phi) is 4.48. The molecular formula is C15H20N4O4S. The molecule has 130 valence electrons. The Hall–Kier alpha value is -2.10. The van der Waals surface area contributed by atoms with Crippen molar-refractivity contribution in [3.05, 3.63) is 30.0 Å². The van der Waals surface area contributed by atoms with Crippen LogP contribution in [0.5, 0.6) is 5.75 Å². The number of aromatic nitrogens is 1. The molecule has 0 saturated carbocycles. The van der Waals surface area contributed by atoms with Crippen LogP contribution in [0, 0.1) is 0 Å². The van der Waals surface area contributed by atoms with Crippen molar-refractivity contribution in [3.63, 3.8) is 0 Å². The minimum absolute atomic E-state index is 0.109. The molecule has 1 aromatic carbocycles. The number of nitrogens with zero attached hydrogens (tertiary/aromatic N) is 1. The van der Waals surface area contributed by atoms with Crippen molar-refractivity contribution in [2.75, 3.05) is 20.2 Å². The molecular weight excluding hydrogens is 332 g/mol. The third-order valence-electron chi connectivity index (χ3n) is 4.19. The predicted octanol–water partition coefficient (Wildman–Crippen LogP) is 0.574. The third kappa shape index (κ3) is 3.53. The zero-order valence-electron chi connectivity index (χ0n) is 13.3. The Morgan fingerprint density at radius 1 is 1.38 bits per heavy atom. The normalized spacial score (nSPS) is 16.5. The molecule has 0 atom stereocenters. The van der Waals surface area contributed by atoms with Crippen LogP contribution >= 0.6 is 0 Å². The molecule has 0 aliphatic carbocycles. The maximum atomic E-state index is 12.7. The number of likely N-dealkylation sites (tertiary alicyclic amines) is 1. The Morgan fingerprint density at radius 2 is 2.08 bits per heavy atom. The number of amides is 1. The number of benzene rings is 1. The molecule has 0 spiro atoms. The first-order chi connectivity index (χ1) is 11.4. The monoisotopic (exact) mass is 352 g/mol. The lowest BCUT2D eigenvalue weighted by Crippen LogP contribution is -2.48. The van der Waals surface area contributed by atoms with Gasteiger partial charge in [0, 0.05) is 30.0 Å². The second-order valence-electron chi connectivity index (χ2n) is 5.83. The van der Waals surface area contributed by atoms with Crippen LogP contribution in [-0.2, 0) is 10.2 Å². The number of H-pyrrole nitrogens is 1. The summed E-state index contributed by atoms with van der Waals surface area (Å²) in [7, 11) is -2.12. The number of nitrogens with one attached hydrogen (secondary N) is 2. The number of fused-ring (bicyclic) bond motifs is 1. The van der Waals surface area contributed by atoms with E-state index in [2.05, 4.69) is 9.71 Å². The minimum Gasteiger partial charge on any atom is -0.496 e. The van der Waals surface area contributed by atoms with Gasteiger partial charge < -0.3 is 14.6 Å². The summed E-state index contributed by atoms with van der Waals surface area (Å²) in [6.07, 6.45) is 1.07. The number of carbonyl (C=O) groups is 1. The highest BCUT2D eigenvalue weighted by Gasteiger charge is 2.26. The van der Waals surface area contributed by atoms with Gasteiger partial charge in [-0.25, -0.2) is 5.14 Å². The van der Waals surface area contributed by atoms with Gasteiger partial charge in [0.1, 0.15) is 11.4 Å². The first kappa shape index (κ1) is 16.7. The fourth-order valence-electron chi connectivity index (χ4n) is 3.02. The zero-order valence-corrected chi connectivity index (χ0v) is 14.1. The maximum Gasteiger partial charge on any atom is 0.274 e. The molecule has 1 aliphatic rings. The van der Waals surface area contributed by atoms with E-state index in [-0.39, 0.29) is 11.9 Å². The van der Waals surface area contributed by atoms with Crippen molar-refractivity contribution < 1.29 is 17.9 Å². The second kappa shape index (κ2) is 6.42. The quantitative estimate of drug-likeness (QED) is 0.746. The molecule has 2 aromatic rings. The lowest BCUT2D eigenvalue weighted by atomic mass is 10.1. The van der Waals surface area contributed by atoms with E-state index in [9.17, 15) is 13.2 Å². The first-order valence-corrected chi connectivity index (χ1v) is 9.17. The van der Waals surface area contributed by atoms with E-state index in [1.54, 1.807) is 18.1 Å². The Bertz CT molecular complexity index is 853.